The molecule has 0 amide bonds. The molecule has 0 saturated carbocycles. The van der Waals surface area contributed by atoms with Gasteiger partial charge >= 0.3 is 10.4 Å². The summed E-state index contributed by atoms with van der Waals surface area (Å²) in [6.07, 6.45) is 1.68. The first kappa shape index (κ1) is 11.5. The van der Waals surface area contributed by atoms with E-state index in [1.807, 2.05) is 11.9 Å². The molecule has 2 aliphatic heterocycles. The second-order valence-corrected chi connectivity index (χ2v) is 5.32. The van der Waals surface area contributed by atoms with Gasteiger partial charge in [-0.2, -0.15) is 13.5 Å². The van der Waals surface area contributed by atoms with Crippen LogP contribution in [0.25, 0.3) is 0 Å². The number of aryl methyl sites for hydroxylation is 1. The fraction of sp³-hybridized carbons (Fsp3) is 0.444. The zero-order valence-electron chi connectivity index (χ0n) is 9.65. The summed E-state index contributed by atoms with van der Waals surface area (Å²) in [5.74, 6) is 0.411. The van der Waals surface area contributed by atoms with Crippen molar-refractivity contribution in [3.05, 3.63) is 29.9 Å². The summed E-state index contributed by atoms with van der Waals surface area (Å²) < 4.78 is 36.8. The third-order valence-electron chi connectivity index (χ3n) is 3.26. The number of hydrogen-bond acceptors (Lipinski definition) is 6. The van der Waals surface area contributed by atoms with Crippen molar-refractivity contribution in [1.29, 1.82) is 0 Å². The van der Waals surface area contributed by atoms with Crippen molar-refractivity contribution in [2.45, 2.75) is 12.6 Å². The van der Waals surface area contributed by atoms with E-state index in [1.54, 1.807) is 10.9 Å². The maximum Gasteiger partial charge on any atom is 0.418 e. The summed E-state index contributed by atoms with van der Waals surface area (Å²) >= 11 is 0. The van der Waals surface area contributed by atoms with E-state index in [4.69, 9.17) is 4.55 Å². The normalized spacial score (nSPS) is 22.6. The summed E-state index contributed by atoms with van der Waals surface area (Å²) in [5, 5.41) is 5.25. The van der Waals surface area contributed by atoms with Crippen molar-refractivity contribution in [2.75, 3.05) is 6.54 Å². The minimum atomic E-state index is -4.56. The van der Waals surface area contributed by atoms with E-state index in [-0.39, 0.29) is 6.04 Å². The summed E-state index contributed by atoms with van der Waals surface area (Å²) in [4.78, 5) is 1.87. The molecule has 1 unspecified atom stereocenters. The van der Waals surface area contributed by atoms with Gasteiger partial charge < -0.3 is 4.90 Å². The van der Waals surface area contributed by atoms with Crippen LogP contribution < -0.4 is 0 Å². The van der Waals surface area contributed by atoms with Crippen LogP contribution in [0, 0.1) is 0 Å². The molecule has 1 fully saturated rings. The number of hydroxylamine groups is 2. The van der Waals surface area contributed by atoms with Gasteiger partial charge in [0.1, 0.15) is 11.9 Å². The van der Waals surface area contributed by atoms with Gasteiger partial charge in [0.15, 0.2) is 0 Å². The number of rotatable bonds is 2. The predicted octanol–water partition coefficient (Wildman–Crippen LogP) is -0.202. The van der Waals surface area contributed by atoms with Crippen LogP contribution in [0.3, 0.4) is 0 Å². The lowest BCUT2D eigenvalue weighted by molar-refractivity contribution is -0.0464. The summed E-state index contributed by atoms with van der Waals surface area (Å²) in [7, 11) is -2.74. The Kier molecular flexibility index (Phi) is 2.22. The molecule has 0 aliphatic carbocycles. The van der Waals surface area contributed by atoms with Crippen LogP contribution in [-0.2, 0) is 28.3 Å². The Morgan fingerprint density at radius 2 is 2.33 bits per heavy atom. The molecule has 98 valence electrons. The molecule has 0 aromatic carbocycles. The van der Waals surface area contributed by atoms with Gasteiger partial charge in [0.05, 0.1) is 18.4 Å². The van der Waals surface area contributed by atoms with E-state index < -0.39 is 10.4 Å². The first-order valence-electron chi connectivity index (χ1n) is 5.27. The fourth-order valence-corrected chi connectivity index (χ4v) is 2.81. The maximum atomic E-state index is 10.8. The first-order chi connectivity index (χ1) is 8.37. The van der Waals surface area contributed by atoms with Crippen molar-refractivity contribution >= 4 is 10.4 Å². The standard InChI is InChI=1S/C9H12N4O4S/c1-6-12-4-8-7(3-10-11(8)2)9(5-12)13(6)17-18(14,15)16/h3,9H,1,4-5H2,2H3,(H,14,15,16). The van der Waals surface area contributed by atoms with Crippen molar-refractivity contribution in [3.8, 4) is 0 Å². The lowest BCUT2D eigenvalue weighted by Gasteiger charge is -2.22. The second kappa shape index (κ2) is 3.46. The molecule has 1 N–H and O–H groups in total. The molecule has 0 radical (unpaired) electrons. The van der Waals surface area contributed by atoms with Gasteiger partial charge in [-0.15, -0.1) is 4.28 Å². The molecule has 18 heavy (non-hydrogen) atoms. The van der Waals surface area contributed by atoms with Gasteiger partial charge in [0.2, 0.25) is 0 Å². The van der Waals surface area contributed by atoms with Crippen LogP contribution in [0.4, 0.5) is 0 Å². The predicted molar refractivity (Wildman–Crippen MR) is 60.0 cm³/mol. The molecule has 0 spiro atoms. The smallest absolute Gasteiger partial charge is 0.349 e. The molecule has 2 aliphatic rings. The van der Waals surface area contributed by atoms with Gasteiger partial charge in [0.25, 0.3) is 0 Å². The molecule has 1 aromatic heterocycles. The molecule has 1 saturated heterocycles. The van der Waals surface area contributed by atoms with Crippen molar-refractivity contribution in [2.24, 2.45) is 7.05 Å². The van der Waals surface area contributed by atoms with Crippen LogP contribution in [0.2, 0.25) is 0 Å². The lowest BCUT2D eigenvalue weighted by atomic mass is 10.1. The van der Waals surface area contributed by atoms with E-state index in [2.05, 4.69) is 16.0 Å². The number of fused-ring (bicyclic) bond motifs is 4. The highest BCUT2D eigenvalue weighted by atomic mass is 32.3. The van der Waals surface area contributed by atoms with Crippen LogP contribution in [-0.4, -0.2) is 39.3 Å². The Hall–Kier alpha value is -1.58. The third kappa shape index (κ3) is 1.59. The Morgan fingerprint density at radius 1 is 1.61 bits per heavy atom. The molecule has 3 rings (SSSR count). The van der Waals surface area contributed by atoms with E-state index in [0.717, 1.165) is 16.3 Å². The van der Waals surface area contributed by atoms with E-state index in [9.17, 15) is 8.42 Å². The Morgan fingerprint density at radius 3 is 3.00 bits per heavy atom. The fourth-order valence-electron chi connectivity index (χ4n) is 2.42. The number of hydrogen-bond donors (Lipinski definition) is 1. The van der Waals surface area contributed by atoms with Gasteiger partial charge in [-0.3, -0.25) is 9.23 Å². The molecule has 1 aromatic rings. The maximum absolute atomic E-state index is 10.8. The second-order valence-electron chi connectivity index (χ2n) is 4.31. The van der Waals surface area contributed by atoms with E-state index in [0.29, 0.717) is 18.9 Å². The third-order valence-corrected chi connectivity index (χ3v) is 3.61. The van der Waals surface area contributed by atoms with Gasteiger partial charge in [-0.1, -0.05) is 6.58 Å². The average Bonchev–Trinajstić information content (AvgIpc) is 2.74. The Labute approximate surface area is 104 Å². The summed E-state index contributed by atoms with van der Waals surface area (Å²) in [6, 6.07) is -0.322. The van der Waals surface area contributed by atoms with Crippen LogP contribution in [0.1, 0.15) is 17.3 Å². The average molecular weight is 272 g/mol. The topological polar surface area (TPSA) is 87.9 Å². The summed E-state index contributed by atoms with van der Waals surface area (Å²) in [6.45, 7) is 4.93. The number of nitrogens with zero attached hydrogens (tertiary/aromatic N) is 4. The van der Waals surface area contributed by atoms with Crippen molar-refractivity contribution < 1.29 is 17.3 Å². The van der Waals surface area contributed by atoms with Gasteiger partial charge in [-0.25, -0.2) is 5.06 Å². The molecular weight excluding hydrogens is 260 g/mol. The van der Waals surface area contributed by atoms with Crippen LogP contribution >= 0.6 is 0 Å². The summed E-state index contributed by atoms with van der Waals surface area (Å²) in [5.41, 5.74) is 1.87. The van der Waals surface area contributed by atoms with E-state index in [1.165, 1.54) is 0 Å². The minimum Gasteiger partial charge on any atom is -0.349 e. The monoisotopic (exact) mass is 272 g/mol. The van der Waals surface area contributed by atoms with E-state index >= 15 is 0 Å². The first-order valence-corrected chi connectivity index (χ1v) is 6.64. The molecule has 9 heteroatoms. The largest absolute Gasteiger partial charge is 0.418 e. The quantitative estimate of drug-likeness (QED) is 0.746. The SMILES string of the molecule is C=C1N2Cc3c(cnn3C)C(C2)N1OS(=O)(=O)O. The molecule has 3 heterocycles. The highest BCUT2D eigenvalue weighted by Crippen LogP contribution is 2.41. The van der Waals surface area contributed by atoms with Crippen LogP contribution in [0.5, 0.6) is 0 Å². The van der Waals surface area contributed by atoms with Gasteiger partial charge in [-0.05, 0) is 0 Å². The van der Waals surface area contributed by atoms with Crippen molar-refractivity contribution in [3.63, 3.8) is 0 Å². The molecule has 1 atom stereocenters. The minimum absolute atomic E-state index is 0.322. The molecular formula is C9H12N4O4S. The highest BCUT2D eigenvalue weighted by molar-refractivity contribution is 7.80. The highest BCUT2D eigenvalue weighted by Gasteiger charge is 2.43. The lowest BCUT2D eigenvalue weighted by Crippen LogP contribution is -2.27. The van der Waals surface area contributed by atoms with Crippen LogP contribution in [0.15, 0.2) is 18.6 Å². The Balaban J connectivity index is 2.02. The van der Waals surface area contributed by atoms with Crippen molar-refractivity contribution in [1.82, 2.24) is 19.7 Å². The molecule has 2 bridgehead atoms. The Bertz CT molecular complexity index is 623. The van der Waals surface area contributed by atoms with Gasteiger partial charge in [0, 0.05) is 19.2 Å². The number of aromatic nitrogens is 2. The molecule has 8 nitrogen and oxygen atoms in total. The zero-order valence-corrected chi connectivity index (χ0v) is 10.5. The zero-order chi connectivity index (χ0) is 13.1.